The standard InChI is InChI=1S/C22H21FN4O4/c1-30-20-7-6-15(13-24-20)25-21(28)19-12-18(26-31-19)14-8-10-27(11-9-14)22(29)16-4-2-3-5-17(16)23/h2-7,12-14H,8-11H2,1H3,(H,25,28). The summed E-state index contributed by atoms with van der Waals surface area (Å²) in [6.45, 7) is 0.952. The van der Waals surface area contributed by atoms with E-state index in [1.807, 2.05) is 0 Å². The highest BCUT2D eigenvalue weighted by molar-refractivity contribution is 6.02. The molecule has 1 aliphatic rings. The second-order valence-corrected chi connectivity index (χ2v) is 7.21. The Morgan fingerprint density at radius 3 is 2.65 bits per heavy atom. The molecule has 0 atom stereocenters. The Balaban J connectivity index is 1.35. The average Bonchev–Trinajstić information content (AvgIpc) is 3.30. The maximum atomic E-state index is 13.9. The van der Waals surface area contributed by atoms with Crippen LogP contribution in [-0.4, -0.2) is 47.1 Å². The first kappa shape index (κ1) is 20.5. The van der Waals surface area contributed by atoms with Crippen LogP contribution in [0.2, 0.25) is 0 Å². The number of anilines is 1. The zero-order valence-corrected chi connectivity index (χ0v) is 16.9. The molecule has 2 aromatic heterocycles. The molecule has 0 spiro atoms. The number of aromatic nitrogens is 2. The molecular formula is C22H21FN4O4. The van der Waals surface area contributed by atoms with Crippen LogP contribution in [0, 0.1) is 5.82 Å². The summed E-state index contributed by atoms with van der Waals surface area (Å²) in [4.78, 5) is 30.6. The van der Waals surface area contributed by atoms with Crippen LogP contribution >= 0.6 is 0 Å². The number of pyridine rings is 1. The number of methoxy groups -OCH3 is 1. The first-order valence-electron chi connectivity index (χ1n) is 9.87. The van der Waals surface area contributed by atoms with Crippen molar-refractivity contribution in [3.05, 3.63) is 71.5 Å². The van der Waals surface area contributed by atoms with E-state index in [4.69, 9.17) is 9.26 Å². The molecule has 8 nitrogen and oxygen atoms in total. The molecular weight excluding hydrogens is 403 g/mol. The lowest BCUT2D eigenvalue weighted by Gasteiger charge is -2.31. The highest BCUT2D eigenvalue weighted by Gasteiger charge is 2.28. The number of hydrogen-bond acceptors (Lipinski definition) is 6. The van der Waals surface area contributed by atoms with Crippen molar-refractivity contribution in [1.82, 2.24) is 15.0 Å². The lowest BCUT2D eigenvalue weighted by atomic mass is 9.93. The third-order valence-corrected chi connectivity index (χ3v) is 5.26. The first-order chi connectivity index (χ1) is 15.0. The number of nitrogens with one attached hydrogen (secondary N) is 1. The van der Waals surface area contributed by atoms with Crippen LogP contribution in [0.5, 0.6) is 5.88 Å². The molecule has 2 amide bonds. The normalized spacial score (nSPS) is 14.3. The van der Waals surface area contributed by atoms with Gasteiger partial charge in [-0.05, 0) is 31.0 Å². The fourth-order valence-electron chi connectivity index (χ4n) is 3.54. The van der Waals surface area contributed by atoms with Gasteiger partial charge < -0.3 is 19.5 Å². The van der Waals surface area contributed by atoms with Gasteiger partial charge in [0.15, 0.2) is 0 Å². The van der Waals surface area contributed by atoms with Gasteiger partial charge in [-0.25, -0.2) is 9.37 Å². The minimum atomic E-state index is -0.520. The number of carbonyl (C=O) groups excluding carboxylic acids is 2. The molecule has 0 saturated carbocycles. The number of carbonyl (C=O) groups is 2. The zero-order valence-electron chi connectivity index (χ0n) is 16.9. The van der Waals surface area contributed by atoms with E-state index >= 15 is 0 Å². The predicted molar refractivity (Wildman–Crippen MR) is 110 cm³/mol. The monoisotopic (exact) mass is 424 g/mol. The van der Waals surface area contributed by atoms with Crippen LogP contribution in [0.25, 0.3) is 0 Å². The van der Waals surface area contributed by atoms with Gasteiger partial charge in [0, 0.05) is 31.1 Å². The number of hydrogen-bond donors (Lipinski definition) is 1. The predicted octanol–water partition coefficient (Wildman–Crippen LogP) is 3.49. The van der Waals surface area contributed by atoms with E-state index in [0.29, 0.717) is 43.2 Å². The maximum absolute atomic E-state index is 13.9. The number of benzene rings is 1. The second kappa shape index (κ2) is 8.95. The minimum Gasteiger partial charge on any atom is -0.481 e. The SMILES string of the molecule is COc1ccc(NC(=O)c2cc(C3CCN(C(=O)c4ccccc4F)CC3)no2)cn1. The summed E-state index contributed by atoms with van der Waals surface area (Å²) in [6.07, 6.45) is 2.78. The second-order valence-electron chi connectivity index (χ2n) is 7.21. The van der Waals surface area contributed by atoms with Crippen molar-refractivity contribution in [2.45, 2.75) is 18.8 Å². The third-order valence-electron chi connectivity index (χ3n) is 5.26. The molecule has 4 rings (SSSR count). The van der Waals surface area contributed by atoms with Gasteiger partial charge in [-0.3, -0.25) is 9.59 Å². The number of piperidine rings is 1. The van der Waals surface area contributed by atoms with Gasteiger partial charge in [0.25, 0.3) is 11.8 Å². The van der Waals surface area contributed by atoms with Crippen molar-refractivity contribution in [3.8, 4) is 5.88 Å². The number of rotatable bonds is 5. The Bertz CT molecular complexity index is 1080. The molecule has 0 aliphatic carbocycles. The van der Waals surface area contributed by atoms with Gasteiger partial charge >= 0.3 is 0 Å². The van der Waals surface area contributed by atoms with E-state index in [0.717, 1.165) is 0 Å². The number of nitrogens with zero attached hydrogens (tertiary/aromatic N) is 3. The molecule has 1 N–H and O–H groups in total. The van der Waals surface area contributed by atoms with Gasteiger partial charge in [-0.1, -0.05) is 17.3 Å². The smallest absolute Gasteiger partial charge is 0.294 e. The summed E-state index contributed by atoms with van der Waals surface area (Å²) < 4.78 is 24.1. The summed E-state index contributed by atoms with van der Waals surface area (Å²) in [5.74, 6) is -0.676. The Hall–Kier alpha value is -3.75. The number of ether oxygens (including phenoxy) is 1. The van der Waals surface area contributed by atoms with Crippen molar-refractivity contribution < 1.29 is 23.2 Å². The van der Waals surface area contributed by atoms with Crippen LogP contribution in [0.4, 0.5) is 10.1 Å². The summed E-state index contributed by atoms with van der Waals surface area (Å²) in [5.41, 5.74) is 1.24. The summed E-state index contributed by atoms with van der Waals surface area (Å²) in [5, 5.41) is 6.73. The van der Waals surface area contributed by atoms with Gasteiger partial charge in [-0.15, -0.1) is 0 Å². The third kappa shape index (κ3) is 4.55. The molecule has 0 unspecified atom stereocenters. The molecule has 0 bridgehead atoms. The van der Waals surface area contributed by atoms with Crippen molar-refractivity contribution in [2.24, 2.45) is 0 Å². The number of halogens is 1. The van der Waals surface area contributed by atoms with Gasteiger partial charge in [0.1, 0.15) is 5.82 Å². The highest BCUT2D eigenvalue weighted by atomic mass is 19.1. The van der Waals surface area contributed by atoms with Crippen LogP contribution in [-0.2, 0) is 0 Å². The van der Waals surface area contributed by atoms with Gasteiger partial charge in [-0.2, -0.15) is 0 Å². The summed E-state index contributed by atoms with van der Waals surface area (Å²) in [6, 6.07) is 10.9. The van der Waals surface area contributed by atoms with E-state index in [1.54, 1.807) is 35.2 Å². The first-order valence-corrected chi connectivity index (χ1v) is 9.87. The molecule has 160 valence electrons. The van der Waals surface area contributed by atoms with Gasteiger partial charge in [0.2, 0.25) is 11.6 Å². The fraction of sp³-hybridized carbons (Fsp3) is 0.273. The quantitative estimate of drug-likeness (QED) is 0.673. The molecule has 1 aromatic carbocycles. The molecule has 3 heterocycles. The van der Waals surface area contributed by atoms with E-state index in [1.165, 1.54) is 25.4 Å². The molecule has 31 heavy (non-hydrogen) atoms. The van der Waals surface area contributed by atoms with Crippen molar-refractivity contribution >= 4 is 17.5 Å². The van der Waals surface area contributed by atoms with Crippen LogP contribution in [0.3, 0.4) is 0 Å². The van der Waals surface area contributed by atoms with Crippen molar-refractivity contribution in [1.29, 1.82) is 0 Å². The van der Waals surface area contributed by atoms with Crippen LogP contribution in [0.15, 0.2) is 53.2 Å². The van der Waals surface area contributed by atoms with E-state index < -0.39 is 11.7 Å². The number of amides is 2. The Labute approximate surface area is 178 Å². The maximum Gasteiger partial charge on any atom is 0.294 e. The summed E-state index contributed by atoms with van der Waals surface area (Å²) >= 11 is 0. The molecule has 1 saturated heterocycles. The fourth-order valence-corrected chi connectivity index (χ4v) is 3.54. The van der Waals surface area contributed by atoms with Gasteiger partial charge in [0.05, 0.1) is 30.3 Å². The Kier molecular flexibility index (Phi) is 5.92. The molecule has 1 aliphatic heterocycles. The average molecular weight is 424 g/mol. The van der Waals surface area contributed by atoms with E-state index in [-0.39, 0.29) is 23.1 Å². The molecule has 1 fully saturated rings. The van der Waals surface area contributed by atoms with Crippen molar-refractivity contribution in [2.75, 3.05) is 25.5 Å². The minimum absolute atomic E-state index is 0.0534. The zero-order chi connectivity index (χ0) is 21.8. The van der Waals surface area contributed by atoms with Crippen LogP contribution < -0.4 is 10.1 Å². The van der Waals surface area contributed by atoms with E-state index in [9.17, 15) is 14.0 Å². The Morgan fingerprint density at radius 2 is 1.97 bits per heavy atom. The topological polar surface area (TPSA) is 97.6 Å². The highest BCUT2D eigenvalue weighted by Crippen LogP contribution is 2.29. The molecule has 9 heteroatoms. The largest absolute Gasteiger partial charge is 0.481 e. The Morgan fingerprint density at radius 1 is 1.19 bits per heavy atom. The van der Waals surface area contributed by atoms with E-state index in [2.05, 4.69) is 15.5 Å². The van der Waals surface area contributed by atoms with Crippen molar-refractivity contribution in [3.63, 3.8) is 0 Å². The molecule has 0 radical (unpaired) electrons. The number of likely N-dealkylation sites (tertiary alicyclic amines) is 1. The lowest BCUT2D eigenvalue weighted by Crippen LogP contribution is -2.38. The van der Waals surface area contributed by atoms with Crippen LogP contribution in [0.1, 0.15) is 45.4 Å². The lowest BCUT2D eigenvalue weighted by molar-refractivity contribution is 0.0706. The molecule has 3 aromatic rings. The summed E-state index contributed by atoms with van der Waals surface area (Å²) in [7, 11) is 1.51.